The second-order valence-corrected chi connectivity index (χ2v) is 15.9. The molecule has 4 unspecified atom stereocenters. The van der Waals surface area contributed by atoms with Gasteiger partial charge in [0.25, 0.3) is 0 Å². The molecule has 0 aromatic heterocycles. The van der Waals surface area contributed by atoms with Crippen LogP contribution in [0.1, 0.15) is 50.7 Å². The normalized spacial score (nSPS) is 13.9. The first-order valence-electron chi connectivity index (χ1n) is 17.3. The Morgan fingerprint density at radius 2 is 1.36 bits per heavy atom. The number of aliphatic carboxylic acids is 2. The summed E-state index contributed by atoms with van der Waals surface area (Å²) in [4.78, 5) is 77.4. The van der Waals surface area contributed by atoms with E-state index in [4.69, 9.17) is 16.3 Å². The van der Waals surface area contributed by atoms with Gasteiger partial charge in [-0.3, -0.25) is 24.0 Å². The summed E-state index contributed by atoms with van der Waals surface area (Å²) in [5.41, 5.74) is 1.31. The molecule has 0 aliphatic carbocycles. The van der Waals surface area contributed by atoms with E-state index in [0.717, 1.165) is 23.1 Å². The van der Waals surface area contributed by atoms with Crippen molar-refractivity contribution in [2.45, 2.75) is 76.7 Å². The molecule has 4 amide bonds. The second-order valence-electron chi connectivity index (χ2n) is 13.2. The molecule has 0 fully saturated rings. The Morgan fingerprint density at radius 1 is 0.764 bits per heavy atom. The summed E-state index contributed by atoms with van der Waals surface area (Å²) < 4.78 is 28.4. The minimum absolute atomic E-state index is 0.0475. The number of benzene rings is 3. The number of ether oxygens (including phenoxy) is 1. The molecular weight excluding hydrogens is 756 g/mol. The molecular formula is C38H45ClN4O11S. The van der Waals surface area contributed by atoms with E-state index in [2.05, 4.69) is 21.3 Å². The van der Waals surface area contributed by atoms with E-state index in [1.165, 1.54) is 0 Å². The lowest BCUT2D eigenvalue weighted by Crippen LogP contribution is -2.58. The first-order valence-corrected chi connectivity index (χ1v) is 19.6. The fourth-order valence-corrected chi connectivity index (χ4v) is 6.06. The highest BCUT2D eigenvalue weighted by atomic mass is 35.5. The minimum atomic E-state index is -3.93. The quantitative estimate of drug-likeness (QED) is 0.0965. The van der Waals surface area contributed by atoms with E-state index in [1.807, 2.05) is 24.3 Å². The molecule has 0 saturated carbocycles. The number of alkyl carbamates (subject to hydrolysis) is 1. The van der Waals surface area contributed by atoms with Crippen molar-refractivity contribution in [3.05, 3.63) is 94.4 Å². The van der Waals surface area contributed by atoms with Crippen LogP contribution in [0.5, 0.6) is 0 Å². The van der Waals surface area contributed by atoms with Crippen molar-refractivity contribution in [2.75, 3.05) is 6.26 Å². The number of nitrogens with one attached hydrogen (secondary N) is 4. The van der Waals surface area contributed by atoms with Gasteiger partial charge >= 0.3 is 18.0 Å². The summed E-state index contributed by atoms with van der Waals surface area (Å²) in [5, 5.41) is 30.5. The first-order chi connectivity index (χ1) is 25.9. The molecule has 3 aromatic rings. The molecule has 15 nitrogen and oxygen atoms in total. The van der Waals surface area contributed by atoms with Gasteiger partial charge in [0.1, 0.15) is 29.1 Å². The van der Waals surface area contributed by atoms with Gasteiger partial charge in [-0.25, -0.2) is 13.2 Å². The lowest BCUT2D eigenvalue weighted by atomic mass is 9.97. The molecule has 0 radical (unpaired) electrons. The van der Waals surface area contributed by atoms with Crippen molar-refractivity contribution in [3.8, 4) is 0 Å². The van der Waals surface area contributed by atoms with Gasteiger partial charge in [0, 0.05) is 19.1 Å². The summed E-state index contributed by atoms with van der Waals surface area (Å²) >= 11 is 5.87. The predicted octanol–water partition coefficient (Wildman–Crippen LogP) is 3.64. The molecule has 0 spiro atoms. The molecule has 3 rings (SSSR count). The van der Waals surface area contributed by atoms with Crippen LogP contribution in [0.15, 0.2) is 83.2 Å². The minimum Gasteiger partial charge on any atom is -0.481 e. The Bertz CT molecular complexity index is 1980. The van der Waals surface area contributed by atoms with Crippen LogP contribution in [-0.2, 0) is 51.6 Å². The molecule has 0 bridgehead atoms. The monoisotopic (exact) mass is 800 g/mol. The highest BCUT2D eigenvalue weighted by Crippen LogP contribution is 2.21. The van der Waals surface area contributed by atoms with E-state index in [9.17, 15) is 47.4 Å². The predicted molar refractivity (Wildman–Crippen MR) is 204 cm³/mol. The highest BCUT2D eigenvalue weighted by molar-refractivity contribution is 7.96. The van der Waals surface area contributed by atoms with E-state index in [1.54, 1.807) is 62.4 Å². The maximum atomic E-state index is 14.1. The molecule has 17 heteroatoms. The van der Waals surface area contributed by atoms with Gasteiger partial charge in [0.2, 0.25) is 17.7 Å². The summed E-state index contributed by atoms with van der Waals surface area (Å²) in [6, 6.07) is 15.9. The number of carboxylic acid groups (broad SMARTS) is 2. The Morgan fingerprint density at radius 3 is 2.00 bits per heavy atom. The molecule has 0 heterocycles. The van der Waals surface area contributed by atoms with Crippen molar-refractivity contribution in [1.82, 2.24) is 21.3 Å². The number of rotatable bonds is 20. The van der Waals surface area contributed by atoms with Crippen LogP contribution < -0.4 is 21.3 Å². The summed E-state index contributed by atoms with van der Waals surface area (Å²) in [6.07, 6.45) is -0.945. The highest BCUT2D eigenvalue weighted by Gasteiger charge is 2.32. The smallest absolute Gasteiger partial charge is 0.408 e. The molecule has 6 N–H and O–H groups in total. The molecule has 296 valence electrons. The van der Waals surface area contributed by atoms with Crippen LogP contribution in [0.3, 0.4) is 0 Å². The summed E-state index contributed by atoms with van der Waals surface area (Å²) in [6.45, 7) is 3.41. The zero-order valence-corrected chi connectivity index (χ0v) is 32.1. The van der Waals surface area contributed by atoms with Gasteiger partial charge in [0.05, 0.1) is 12.5 Å². The maximum absolute atomic E-state index is 14.1. The van der Waals surface area contributed by atoms with Crippen molar-refractivity contribution >= 4 is 68.0 Å². The Balaban J connectivity index is 1.94. The van der Waals surface area contributed by atoms with Crippen LogP contribution in [0.25, 0.3) is 10.8 Å². The van der Waals surface area contributed by atoms with Crippen molar-refractivity contribution < 1.29 is 52.1 Å². The fraction of sp³-hybridized carbons (Fsp3) is 0.368. The Kier molecular flexibility index (Phi) is 16.6. The molecule has 55 heavy (non-hydrogen) atoms. The van der Waals surface area contributed by atoms with Crippen molar-refractivity contribution in [3.63, 3.8) is 0 Å². The van der Waals surface area contributed by atoms with Crippen LogP contribution in [0.4, 0.5) is 4.79 Å². The van der Waals surface area contributed by atoms with E-state index < -0.39 is 87.0 Å². The average Bonchev–Trinajstić information content (AvgIpc) is 3.11. The van der Waals surface area contributed by atoms with Crippen molar-refractivity contribution in [2.24, 2.45) is 5.92 Å². The largest absolute Gasteiger partial charge is 0.481 e. The third-order valence-corrected chi connectivity index (χ3v) is 9.97. The van der Waals surface area contributed by atoms with Crippen LogP contribution in [-0.4, -0.2) is 84.8 Å². The number of hydrogen-bond donors (Lipinski definition) is 6. The zero-order chi connectivity index (χ0) is 40.7. The van der Waals surface area contributed by atoms with E-state index in [-0.39, 0.29) is 31.8 Å². The topological polar surface area (TPSA) is 234 Å². The number of halogens is 1. The van der Waals surface area contributed by atoms with Gasteiger partial charge in [-0.2, -0.15) is 0 Å². The van der Waals surface area contributed by atoms with Gasteiger partial charge in [-0.15, -0.1) is 0 Å². The van der Waals surface area contributed by atoms with Gasteiger partial charge in [0.15, 0.2) is 9.84 Å². The Hall–Kier alpha value is -5.48. The summed E-state index contributed by atoms with van der Waals surface area (Å²) in [5.74, 6) is -5.37. The van der Waals surface area contributed by atoms with E-state index >= 15 is 0 Å². The SMILES string of the molecule is CC(C)CC(NC(=O)C(Cc1cccc2ccccc12)NC(=O)C(CCC(=O)O)NC(=O)OCc1ccccc1)C(=O)NC(C=C(Cl)S(C)(=O)=O)CC(=O)O. The third kappa shape index (κ3) is 15.1. The second kappa shape index (κ2) is 20.8. The zero-order valence-electron chi connectivity index (χ0n) is 30.5. The lowest BCUT2D eigenvalue weighted by Gasteiger charge is -2.27. The summed E-state index contributed by atoms with van der Waals surface area (Å²) in [7, 11) is -3.93. The van der Waals surface area contributed by atoms with Crippen LogP contribution in [0.2, 0.25) is 0 Å². The number of fused-ring (bicyclic) bond motifs is 1. The van der Waals surface area contributed by atoms with Crippen LogP contribution in [0, 0.1) is 5.92 Å². The van der Waals surface area contributed by atoms with Crippen LogP contribution >= 0.6 is 11.6 Å². The average molecular weight is 801 g/mol. The molecule has 0 aliphatic heterocycles. The third-order valence-electron chi connectivity index (χ3n) is 8.15. The number of carbonyl (C=O) groups is 6. The molecule has 3 aromatic carbocycles. The number of amides is 4. The fourth-order valence-electron chi connectivity index (χ4n) is 5.50. The van der Waals surface area contributed by atoms with E-state index in [0.29, 0.717) is 11.1 Å². The molecule has 0 saturated heterocycles. The maximum Gasteiger partial charge on any atom is 0.408 e. The van der Waals surface area contributed by atoms with Gasteiger partial charge in [-0.1, -0.05) is 98.2 Å². The number of sulfone groups is 1. The number of carboxylic acids is 2. The Labute approximate surface area is 323 Å². The standard InChI is InChI=1S/C38H45ClN4O11S/c1-23(2)18-30(36(49)40-27(21-34(46)47)20-32(39)55(3,52)53)41-37(50)31(19-26-14-9-13-25-12-7-8-15-28(25)26)42-35(48)29(16-17-33(44)45)43-38(51)54-22-24-10-5-4-6-11-24/h4-15,20,23,27,29-31H,16-19,21-22H2,1-3H3,(H,40,49)(H,41,50)(H,42,48)(H,43,51)(H,44,45)(H,46,47). The van der Waals surface area contributed by atoms with Crippen molar-refractivity contribution in [1.29, 1.82) is 0 Å². The molecule has 4 atom stereocenters. The lowest BCUT2D eigenvalue weighted by molar-refractivity contribution is -0.138. The van der Waals surface area contributed by atoms with Gasteiger partial charge < -0.3 is 36.2 Å². The number of hydrogen-bond acceptors (Lipinski definition) is 9. The number of carbonyl (C=O) groups excluding carboxylic acids is 4. The first kappa shape index (κ1) is 43.9. The molecule has 0 aliphatic rings. The van der Waals surface area contributed by atoms with Gasteiger partial charge in [-0.05, 0) is 46.7 Å².